The van der Waals surface area contributed by atoms with E-state index in [1.807, 2.05) is 24.3 Å². The zero-order valence-corrected chi connectivity index (χ0v) is 16.7. The van der Waals surface area contributed by atoms with Crippen molar-refractivity contribution in [2.45, 2.75) is 26.2 Å². The van der Waals surface area contributed by atoms with Gasteiger partial charge < -0.3 is 5.32 Å². The van der Waals surface area contributed by atoms with Crippen molar-refractivity contribution in [2.24, 2.45) is 0 Å². The first-order valence-corrected chi connectivity index (χ1v) is 10.6. The summed E-state index contributed by atoms with van der Waals surface area (Å²) in [6.45, 7) is 2.15. The predicted molar refractivity (Wildman–Crippen MR) is 108 cm³/mol. The smallest absolute Gasteiger partial charge is 0.257 e. The molecule has 7 heteroatoms. The fraction of sp³-hybridized carbons (Fsp3) is 0.316. The molecular formula is C19H23ClN2O3S. The average molecular weight is 395 g/mol. The van der Waals surface area contributed by atoms with E-state index in [0.717, 1.165) is 29.8 Å². The number of amides is 1. The molecule has 5 nitrogen and oxygen atoms in total. The third kappa shape index (κ3) is 5.22. The molecule has 0 saturated carbocycles. The van der Waals surface area contributed by atoms with Crippen LogP contribution in [0.3, 0.4) is 0 Å². The standard InChI is InChI=1S/C19H23ClN2O3S/c1-4-5-6-14-7-9-15(10-8-14)21-19(23)17-12-11-16(13-18(17)20)22(2)26(3,24)25/h7-13H,4-6H2,1-3H3,(H,21,23). The SMILES string of the molecule is CCCCc1ccc(NC(=O)c2ccc(N(C)S(C)(=O)=O)cc2Cl)cc1. The summed E-state index contributed by atoms with van der Waals surface area (Å²) in [5.74, 6) is -0.343. The zero-order chi connectivity index (χ0) is 19.3. The van der Waals surface area contributed by atoms with Gasteiger partial charge in [-0.15, -0.1) is 0 Å². The average Bonchev–Trinajstić information content (AvgIpc) is 2.59. The van der Waals surface area contributed by atoms with Gasteiger partial charge >= 0.3 is 0 Å². The van der Waals surface area contributed by atoms with Crippen molar-refractivity contribution in [2.75, 3.05) is 22.9 Å². The quantitative estimate of drug-likeness (QED) is 0.759. The summed E-state index contributed by atoms with van der Waals surface area (Å²) >= 11 is 6.18. The molecule has 0 aliphatic heterocycles. The molecule has 140 valence electrons. The first kappa shape index (κ1) is 20.3. The van der Waals surface area contributed by atoms with Crippen LogP contribution in [0.4, 0.5) is 11.4 Å². The predicted octanol–water partition coefficient (Wildman–Crippen LogP) is 4.33. The fourth-order valence-corrected chi connectivity index (χ4v) is 3.17. The summed E-state index contributed by atoms with van der Waals surface area (Å²) in [6, 6.07) is 12.3. The van der Waals surface area contributed by atoms with Gasteiger partial charge in [0.25, 0.3) is 5.91 Å². The number of nitrogens with one attached hydrogen (secondary N) is 1. The van der Waals surface area contributed by atoms with Gasteiger partial charge in [0.05, 0.1) is 22.5 Å². The van der Waals surface area contributed by atoms with Gasteiger partial charge in [0, 0.05) is 12.7 Å². The molecule has 0 spiro atoms. The van der Waals surface area contributed by atoms with Crippen molar-refractivity contribution in [1.82, 2.24) is 0 Å². The molecule has 26 heavy (non-hydrogen) atoms. The van der Waals surface area contributed by atoms with E-state index in [2.05, 4.69) is 12.2 Å². The minimum absolute atomic E-state index is 0.190. The number of rotatable bonds is 7. The second-order valence-electron chi connectivity index (χ2n) is 6.15. The summed E-state index contributed by atoms with van der Waals surface area (Å²) < 4.78 is 24.3. The van der Waals surface area contributed by atoms with Crippen LogP contribution in [0.5, 0.6) is 0 Å². The highest BCUT2D eigenvalue weighted by Gasteiger charge is 2.16. The van der Waals surface area contributed by atoms with Crippen molar-refractivity contribution in [3.05, 3.63) is 58.6 Å². The van der Waals surface area contributed by atoms with Crippen LogP contribution in [0.15, 0.2) is 42.5 Å². The van der Waals surface area contributed by atoms with Crippen LogP contribution in [0, 0.1) is 0 Å². The Balaban J connectivity index is 2.12. The van der Waals surface area contributed by atoms with Crippen LogP contribution in [0.1, 0.15) is 35.7 Å². The van der Waals surface area contributed by atoms with Crippen LogP contribution in [-0.4, -0.2) is 27.6 Å². The molecule has 0 radical (unpaired) electrons. The molecule has 0 unspecified atom stereocenters. The summed E-state index contributed by atoms with van der Waals surface area (Å²) in [5, 5.41) is 3.00. The molecule has 0 atom stereocenters. The Kier molecular flexibility index (Phi) is 6.67. The van der Waals surface area contributed by atoms with Gasteiger partial charge in [-0.05, 0) is 48.7 Å². The number of hydrogen-bond donors (Lipinski definition) is 1. The lowest BCUT2D eigenvalue weighted by atomic mass is 10.1. The van der Waals surface area contributed by atoms with E-state index in [9.17, 15) is 13.2 Å². The molecule has 0 fully saturated rings. The van der Waals surface area contributed by atoms with Crippen LogP contribution in [-0.2, 0) is 16.4 Å². The van der Waals surface area contributed by atoms with Crippen LogP contribution >= 0.6 is 11.6 Å². The van der Waals surface area contributed by atoms with E-state index in [4.69, 9.17) is 11.6 Å². The fourth-order valence-electron chi connectivity index (χ4n) is 2.41. The van der Waals surface area contributed by atoms with Crippen molar-refractivity contribution in [1.29, 1.82) is 0 Å². The third-order valence-electron chi connectivity index (χ3n) is 4.09. The topological polar surface area (TPSA) is 66.5 Å². The number of unbranched alkanes of at least 4 members (excludes halogenated alkanes) is 1. The lowest BCUT2D eigenvalue weighted by Gasteiger charge is -2.17. The molecule has 0 heterocycles. The highest BCUT2D eigenvalue weighted by Crippen LogP contribution is 2.25. The van der Waals surface area contributed by atoms with Crippen molar-refractivity contribution in [3.63, 3.8) is 0 Å². The maximum atomic E-state index is 12.4. The normalized spacial score (nSPS) is 11.2. The lowest BCUT2D eigenvalue weighted by molar-refractivity contribution is 0.102. The zero-order valence-electron chi connectivity index (χ0n) is 15.1. The number of benzene rings is 2. The van der Waals surface area contributed by atoms with Gasteiger partial charge in [0.1, 0.15) is 0 Å². The van der Waals surface area contributed by atoms with Gasteiger partial charge in [-0.25, -0.2) is 8.42 Å². The van der Waals surface area contributed by atoms with E-state index in [-0.39, 0.29) is 16.5 Å². The van der Waals surface area contributed by atoms with Gasteiger partial charge in [-0.1, -0.05) is 37.1 Å². The molecule has 0 aromatic heterocycles. The number of carbonyl (C=O) groups excluding carboxylic acids is 1. The highest BCUT2D eigenvalue weighted by molar-refractivity contribution is 7.92. The Labute approximate surface area is 160 Å². The van der Waals surface area contributed by atoms with Gasteiger partial charge in [-0.3, -0.25) is 9.10 Å². The second-order valence-corrected chi connectivity index (χ2v) is 8.57. The molecule has 0 saturated heterocycles. The van der Waals surface area contributed by atoms with Crippen molar-refractivity contribution >= 4 is 38.9 Å². The summed E-state index contributed by atoms with van der Waals surface area (Å²) in [4.78, 5) is 12.4. The molecule has 2 rings (SSSR count). The Morgan fingerprint density at radius 3 is 2.35 bits per heavy atom. The Morgan fingerprint density at radius 1 is 1.15 bits per heavy atom. The third-order valence-corrected chi connectivity index (χ3v) is 5.61. The van der Waals surface area contributed by atoms with Gasteiger partial charge in [0.2, 0.25) is 10.0 Å². The monoisotopic (exact) mass is 394 g/mol. The maximum absolute atomic E-state index is 12.4. The molecule has 1 N–H and O–H groups in total. The Bertz CT molecular complexity index is 880. The van der Waals surface area contributed by atoms with Crippen molar-refractivity contribution in [3.8, 4) is 0 Å². The molecule has 0 aliphatic carbocycles. The van der Waals surface area contributed by atoms with Crippen LogP contribution in [0.25, 0.3) is 0 Å². The number of anilines is 2. The molecule has 0 bridgehead atoms. The largest absolute Gasteiger partial charge is 0.322 e. The Morgan fingerprint density at radius 2 is 1.81 bits per heavy atom. The number of sulfonamides is 1. The first-order chi connectivity index (χ1) is 12.2. The maximum Gasteiger partial charge on any atom is 0.257 e. The lowest BCUT2D eigenvalue weighted by Crippen LogP contribution is -2.25. The molecule has 2 aromatic carbocycles. The Hall–Kier alpha value is -2.05. The van der Waals surface area contributed by atoms with E-state index < -0.39 is 10.0 Å². The molecule has 0 aliphatic rings. The number of nitrogens with zero attached hydrogens (tertiary/aromatic N) is 1. The minimum atomic E-state index is -3.39. The van der Waals surface area contributed by atoms with Crippen molar-refractivity contribution < 1.29 is 13.2 Å². The van der Waals surface area contributed by atoms with Gasteiger partial charge in [-0.2, -0.15) is 0 Å². The molecular weight excluding hydrogens is 372 g/mol. The van der Waals surface area contributed by atoms with E-state index >= 15 is 0 Å². The first-order valence-electron chi connectivity index (χ1n) is 8.36. The molecule has 2 aromatic rings. The van der Waals surface area contributed by atoms with Gasteiger partial charge in [0.15, 0.2) is 0 Å². The second kappa shape index (κ2) is 8.56. The summed E-state index contributed by atoms with van der Waals surface area (Å²) in [7, 11) is -1.96. The van der Waals surface area contributed by atoms with E-state index in [1.165, 1.54) is 24.7 Å². The number of halogens is 1. The van der Waals surface area contributed by atoms with Crippen LogP contribution < -0.4 is 9.62 Å². The number of hydrogen-bond acceptors (Lipinski definition) is 3. The number of aryl methyl sites for hydroxylation is 1. The van der Waals surface area contributed by atoms with E-state index in [0.29, 0.717) is 11.4 Å². The molecule has 1 amide bonds. The highest BCUT2D eigenvalue weighted by atomic mass is 35.5. The summed E-state index contributed by atoms with van der Waals surface area (Å²) in [6.07, 6.45) is 4.40. The number of carbonyl (C=O) groups is 1. The summed E-state index contributed by atoms with van der Waals surface area (Å²) in [5.41, 5.74) is 2.60. The van der Waals surface area contributed by atoms with E-state index in [1.54, 1.807) is 6.07 Å². The minimum Gasteiger partial charge on any atom is -0.322 e. The van der Waals surface area contributed by atoms with Crippen LogP contribution in [0.2, 0.25) is 5.02 Å².